The molecule has 1 aromatic carbocycles. The number of aromatic nitrogens is 4. The third-order valence-corrected chi connectivity index (χ3v) is 4.49. The minimum atomic E-state index is -4.56. The zero-order valence-electron chi connectivity index (χ0n) is 14.9. The molecule has 142 valence electrons. The number of nitrogen functional groups attached to an aromatic ring is 1. The molecule has 3 heterocycles. The van der Waals surface area contributed by atoms with Gasteiger partial charge in [0.1, 0.15) is 0 Å². The zero-order valence-corrected chi connectivity index (χ0v) is 14.9. The lowest BCUT2D eigenvalue weighted by Crippen LogP contribution is -2.10. The van der Waals surface area contributed by atoms with Crippen molar-refractivity contribution in [1.29, 1.82) is 0 Å². The number of anilines is 1. The van der Waals surface area contributed by atoms with E-state index in [4.69, 9.17) is 5.73 Å². The van der Waals surface area contributed by atoms with Crippen LogP contribution in [0.1, 0.15) is 18.2 Å². The fourth-order valence-corrected chi connectivity index (χ4v) is 3.08. The molecule has 4 aromatic rings. The Balaban J connectivity index is 1.79. The van der Waals surface area contributed by atoms with Crippen molar-refractivity contribution in [3.63, 3.8) is 0 Å². The molecule has 0 fully saturated rings. The maximum absolute atomic E-state index is 13.3. The minimum Gasteiger partial charge on any atom is -0.398 e. The Morgan fingerprint density at radius 1 is 1.07 bits per heavy atom. The second-order valence-electron chi connectivity index (χ2n) is 6.31. The Morgan fingerprint density at radius 2 is 1.89 bits per heavy atom. The van der Waals surface area contributed by atoms with E-state index in [1.54, 1.807) is 12.3 Å². The summed E-state index contributed by atoms with van der Waals surface area (Å²) in [6.07, 6.45) is -0.950. The van der Waals surface area contributed by atoms with Gasteiger partial charge >= 0.3 is 6.18 Å². The summed E-state index contributed by atoms with van der Waals surface area (Å²) in [5, 5.41) is 4.30. The highest BCUT2D eigenvalue weighted by Gasteiger charge is 2.35. The summed E-state index contributed by atoms with van der Waals surface area (Å²) >= 11 is 0. The number of halogens is 3. The lowest BCUT2D eigenvalue weighted by Gasteiger charge is -2.10. The number of aryl methyl sites for hydroxylation is 1. The summed E-state index contributed by atoms with van der Waals surface area (Å²) in [5.41, 5.74) is 8.88. The van der Waals surface area contributed by atoms with E-state index in [1.807, 2.05) is 25.1 Å². The number of pyridine rings is 1. The first-order valence-electron chi connectivity index (χ1n) is 8.64. The smallest absolute Gasteiger partial charge is 0.398 e. The van der Waals surface area contributed by atoms with Crippen LogP contribution in [0.2, 0.25) is 0 Å². The van der Waals surface area contributed by atoms with Crippen molar-refractivity contribution < 1.29 is 13.2 Å². The highest BCUT2D eigenvalue weighted by atomic mass is 19.4. The number of benzene rings is 1. The van der Waals surface area contributed by atoms with E-state index in [0.717, 1.165) is 23.7 Å². The first kappa shape index (κ1) is 18.0. The van der Waals surface area contributed by atoms with Crippen LogP contribution in [0.4, 0.5) is 18.9 Å². The molecule has 0 unspecified atom stereocenters. The molecule has 0 aliphatic carbocycles. The average molecular weight is 383 g/mol. The van der Waals surface area contributed by atoms with Gasteiger partial charge in [0.2, 0.25) is 0 Å². The summed E-state index contributed by atoms with van der Waals surface area (Å²) in [6.45, 7) is 2.02. The predicted molar refractivity (Wildman–Crippen MR) is 100 cm³/mol. The SMILES string of the molecule is CCc1ccc(-c2cn3nc(-c4cccnc4C(F)(F)F)ccc3n2)cc1N. The minimum absolute atomic E-state index is 0.0799. The summed E-state index contributed by atoms with van der Waals surface area (Å²) < 4.78 is 41.2. The van der Waals surface area contributed by atoms with Crippen molar-refractivity contribution in [2.45, 2.75) is 19.5 Å². The maximum atomic E-state index is 13.3. The zero-order chi connectivity index (χ0) is 19.9. The van der Waals surface area contributed by atoms with E-state index >= 15 is 0 Å². The van der Waals surface area contributed by atoms with Crippen molar-refractivity contribution in [3.05, 3.63) is 66.1 Å². The molecular formula is C20H16F3N5. The molecule has 8 heteroatoms. The molecule has 0 radical (unpaired) electrons. The van der Waals surface area contributed by atoms with E-state index in [-0.39, 0.29) is 11.3 Å². The molecule has 0 bridgehead atoms. The highest BCUT2D eigenvalue weighted by Crippen LogP contribution is 2.34. The topological polar surface area (TPSA) is 69.1 Å². The van der Waals surface area contributed by atoms with Crippen molar-refractivity contribution in [1.82, 2.24) is 19.6 Å². The summed E-state index contributed by atoms with van der Waals surface area (Å²) in [7, 11) is 0. The van der Waals surface area contributed by atoms with E-state index in [9.17, 15) is 13.2 Å². The Kier molecular flexibility index (Phi) is 4.26. The van der Waals surface area contributed by atoms with Crippen LogP contribution in [0.25, 0.3) is 28.2 Å². The molecule has 2 N–H and O–H groups in total. The van der Waals surface area contributed by atoms with Crippen molar-refractivity contribution in [2.75, 3.05) is 5.73 Å². The number of fused-ring (bicyclic) bond motifs is 1. The van der Waals surface area contributed by atoms with Gasteiger partial charge < -0.3 is 5.73 Å². The van der Waals surface area contributed by atoms with Crippen molar-refractivity contribution >= 4 is 11.3 Å². The van der Waals surface area contributed by atoms with E-state index < -0.39 is 11.9 Å². The normalized spacial score (nSPS) is 11.9. The van der Waals surface area contributed by atoms with Crippen molar-refractivity contribution in [2.24, 2.45) is 0 Å². The molecule has 0 aliphatic heterocycles. The molecule has 0 saturated carbocycles. The Labute approximate surface area is 158 Å². The lowest BCUT2D eigenvalue weighted by molar-refractivity contribution is -0.140. The Bertz CT molecular complexity index is 1160. The monoisotopic (exact) mass is 383 g/mol. The molecule has 4 rings (SSSR count). The van der Waals surface area contributed by atoms with Gasteiger partial charge in [-0.1, -0.05) is 19.1 Å². The fraction of sp³-hybridized carbons (Fsp3) is 0.150. The van der Waals surface area contributed by atoms with E-state index in [1.165, 1.54) is 22.7 Å². The van der Waals surface area contributed by atoms with Crippen LogP contribution in [-0.2, 0) is 12.6 Å². The quantitative estimate of drug-likeness (QED) is 0.524. The predicted octanol–water partition coefficient (Wildman–Crippen LogP) is 4.62. The summed E-state index contributed by atoms with van der Waals surface area (Å²) in [5.74, 6) is 0. The van der Waals surface area contributed by atoms with Crippen LogP contribution < -0.4 is 5.73 Å². The van der Waals surface area contributed by atoms with Crippen molar-refractivity contribution in [3.8, 4) is 22.5 Å². The first-order chi connectivity index (χ1) is 13.4. The molecule has 0 atom stereocenters. The number of imidazole rings is 1. The van der Waals surface area contributed by atoms with Gasteiger partial charge in [0, 0.05) is 23.0 Å². The van der Waals surface area contributed by atoms with Gasteiger partial charge in [0.25, 0.3) is 0 Å². The number of hydrogen-bond donors (Lipinski definition) is 1. The third-order valence-electron chi connectivity index (χ3n) is 4.49. The highest BCUT2D eigenvalue weighted by molar-refractivity contribution is 5.69. The second-order valence-corrected chi connectivity index (χ2v) is 6.31. The van der Waals surface area contributed by atoms with Crippen LogP contribution in [0.5, 0.6) is 0 Å². The Morgan fingerprint density at radius 3 is 2.61 bits per heavy atom. The van der Waals surface area contributed by atoms with Gasteiger partial charge in [-0.15, -0.1) is 0 Å². The fourth-order valence-electron chi connectivity index (χ4n) is 3.08. The number of nitrogens with two attached hydrogens (primary N) is 1. The molecular weight excluding hydrogens is 367 g/mol. The molecule has 0 aliphatic rings. The third kappa shape index (κ3) is 3.17. The van der Waals surface area contributed by atoms with Gasteiger partial charge in [-0.05, 0) is 42.3 Å². The number of rotatable bonds is 3. The standard InChI is InChI=1S/C20H16F3N5/c1-2-12-5-6-13(10-15(12)24)17-11-28-18(26-17)8-7-16(27-28)14-4-3-9-25-19(14)20(21,22)23/h3-11H,2,24H2,1H3. The lowest BCUT2D eigenvalue weighted by atomic mass is 10.1. The average Bonchev–Trinajstić information content (AvgIpc) is 3.10. The molecule has 0 amide bonds. The number of nitrogens with zero attached hydrogens (tertiary/aromatic N) is 4. The van der Waals surface area contributed by atoms with Gasteiger partial charge in [-0.3, -0.25) is 4.98 Å². The van der Waals surface area contributed by atoms with E-state index in [0.29, 0.717) is 17.0 Å². The van der Waals surface area contributed by atoms with Crippen LogP contribution >= 0.6 is 0 Å². The maximum Gasteiger partial charge on any atom is 0.434 e. The Hall–Kier alpha value is -3.42. The summed E-state index contributed by atoms with van der Waals surface area (Å²) in [4.78, 5) is 7.97. The number of alkyl halides is 3. The molecule has 28 heavy (non-hydrogen) atoms. The van der Waals surface area contributed by atoms with Crippen LogP contribution in [0.15, 0.2) is 54.9 Å². The van der Waals surface area contributed by atoms with Gasteiger partial charge in [0.05, 0.1) is 17.6 Å². The van der Waals surface area contributed by atoms with E-state index in [2.05, 4.69) is 15.1 Å². The van der Waals surface area contributed by atoms with Gasteiger partial charge in [0.15, 0.2) is 11.3 Å². The van der Waals surface area contributed by atoms with Crippen LogP contribution in [0, 0.1) is 0 Å². The largest absolute Gasteiger partial charge is 0.434 e. The first-order valence-corrected chi connectivity index (χ1v) is 8.64. The molecule has 5 nitrogen and oxygen atoms in total. The second kappa shape index (κ2) is 6.63. The van der Waals surface area contributed by atoms with Crippen LogP contribution in [0.3, 0.4) is 0 Å². The van der Waals surface area contributed by atoms with Gasteiger partial charge in [-0.2, -0.15) is 18.3 Å². The number of hydrogen-bond acceptors (Lipinski definition) is 4. The molecule has 0 spiro atoms. The summed E-state index contributed by atoms with van der Waals surface area (Å²) in [6, 6.07) is 11.6. The molecule has 0 saturated heterocycles. The van der Waals surface area contributed by atoms with Gasteiger partial charge in [-0.25, -0.2) is 9.50 Å². The van der Waals surface area contributed by atoms with Crippen LogP contribution in [-0.4, -0.2) is 19.6 Å². The molecule has 3 aromatic heterocycles.